The molecule has 106 valence electrons. The van der Waals surface area contributed by atoms with Gasteiger partial charge < -0.3 is 14.9 Å². The molecule has 0 aromatic heterocycles. The molecule has 0 fully saturated rings. The van der Waals surface area contributed by atoms with Gasteiger partial charge in [0.15, 0.2) is 0 Å². The first-order valence-corrected chi connectivity index (χ1v) is 6.23. The van der Waals surface area contributed by atoms with E-state index in [0.717, 1.165) is 0 Å². The van der Waals surface area contributed by atoms with Gasteiger partial charge in [-0.25, -0.2) is 4.39 Å². The molecule has 0 saturated heterocycles. The average Bonchev–Trinajstić information content (AvgIpc) is 2.34. The Morgan fingerprint density at radius 2 is 2.00 bits per heavy atom. The summed E-state index contributed by atoms with van der Waals surface area (Å²) in [6.07, 6.45) is -0.00386. The van der Waals surface area contributed by atoms with Crippen molar-refractivity contribution in [3.05, 3.63) is 29.6 Å². The number of nitrogens with zero attached hydrogens (tertiary/aromatic N) is 2. The van der Waals surface area contributed by atoms with Gasteiger partial charge in [0, 0.05) is 33.4 Å². The number of aliphatic hydroxyl groups excluding tert-OH is 1. The van der Waals surface area contributed by atoms with Crippen LogP contribution < -0.4 is 4.90 Å². The third kappa shape index (κ3) is 4.21. The zero-order valence-corrected chi connectivity index (χ0v) is 11.9. The Hall–Kier alpha value is -1.62. The molecule has 5 heteroatoms. The molecule has 1 rings (SSSR count). The number of halogens is 1. The van der Waals surface area contributed by atoms with Gasteiger partial charge in [0.1, 0.15) is 5.82 Å². The first-order valence-electron chi connectivity index (χ1n) is 6.23. The molecule has 1 amide bonds. The predicted molar refractivity (Wildman–Crippen MR) is 74.0 cm³/mol. The summed E-state index contributed by atoms with van der Waals surface area (Å²) in [6, 6.07) is 4.54. The van der Waals surface area contributed by atoms with Gasteiger partial charge in [0.25, 0.3) is 5.91 Å². The molecule has 19 heavy (non-hydrogen) atoms. The second-order valence-electron chi connectivity index (χ2n) is 4.92. The molecule has 0 aliphatic heterocycles. The fourth-order valence-electron chi connectivity index (χ4n) is 1.64. The number of benzene rings is 1. The van der Waals surface area contributed by atoms with Crippen LogP contribution in [0.2, 0.25) is 0 Å². The molecule has 1 unspecified atom stereocenters. The zero-order valence-electron chi connectivity index (χ0n) is 11.9. The van der Waals surface area contributed by atoms with Gasteiger partial charge in [-0.3, -0.25) is 4.79 Å². The lowest BCUT2D eigenvalue weighted by molar-refractivity contribution is 0.0764. The van der Waals surface area contributed by atoms with E-state index in [1.807, 2.05) is 14.1 Å². The fourth-order valence-corrected chi connectivity index (χ4v) is 1.64. The van der Waals surface area contributed by atoms with Crippen LogP contribution >= 0.6 is 0 Å². The van der Waals surface area contributed by atoms with Crippen molar-refractivity contribution in [2.75, 3.05) is 32.6 Å². The normalized spacial score (nSPS) is 12.1. The number of aliphatic hydroxyl groups is 1. The van der Waals surface area contributed by atoms with Crippen molar-refractivity contribution in [2.24, 2.45) is 0 Å². The molecule has 1 aromatic carbocycles. The SMILES string of the molecule is CC(O)CCN(C)C(=O)c1ccc(N(C)C)cc1F. The van der Waals surface area contributed by atoms with Crippen molar-refractivity contribution < 1.29 is 14.3 Å². The van der Waals surface area contributed by atoms with Gasteiger partial charge in [0.2, 0.25) is 0 Å². The van der Waals surface area contributed by atoms with Crippen molar-refractivity contribution in [3.63, 3.8) is 0 Å². The van der Waals surface area contributed by atoms with Crippen LogP contribution in [0.1, 0.15) is 23.7 Å². The van der Waals surface area contributed by atoms with Gasteiger partial charge in [-0.15, -0.1) is 0 Å². The van der Waals surface area contributed by atoms with Crippen molar-refractivity contribution in [2.45, 2.75) is 19.4 Å². The van der Waals surface area contributed by atoms with Crippen LogP contribution in [0.4, 0.5) is 10.1 Å². The van der Waals surface area contributed by atoms with E-state index >= 15 is 0 Å². The summed E-state index contributed by atoms with van der Waals surface area (Å²) in [5.74, 6) is -0.899. The molecular formula is C14H21FN2O2. The maximum absolute atomic E-state index is 13.9. The van der Waals surface area contributed by atoms with Crippen molar-refractivity contribution in [1.29, 1.82) is 0 Å². The second-order valence-corrected chi connectivity index (χ2v) is 4.92. The Morgan fingerprint density at radius 3 is 2.47 bits per heavy atom. The maximum Gasteiger partial charge on any atom is 0.256 e. The standard InChI is InChI=1S/C14H21FN2O2/c1-10(18)7-8-17(4)14(19)12-6-5-11(16(2)3)9-13(12)15/h5-6,9-10,18H,7-8H2,1-4H3. The molecule has 0 aliphatic rings. The van der Waals surface area contributed by atoms with Gasteiger partial charge in [-0.05, 0) is 31.5 Å². The van der Waals surface area contributed by atoms with Crippen LogP contribution in [0.5, 0.6) is 0 Å². The van der Waals surface area contributed by atoms with Gasteiger partial charge in [-0.2, -0.15) is 0 Å². The molecule has 0 radical (unpaired) electrons. The zero-order chi connectivity index (χ0) is 14.6. The summed E-state index contributed by atoms with van der Waals surface area (Å²) >= 11 is 0. The van der Waals surface area contributed by atoms with E-state index in [9.17, 15) is 14.3 Å². The monoisotopic (exact) mass is 268 g/mol. The van der Waals surface area contributed by atoms with Crippen molar-refractivity contribution >= 4 is 11.6 Å². The molecular weight excluding hydrogens is 247 g/mol. The van der Waals surface area contributed by atoms with Crippen LogP contribution in [0.15, 0.2) is 18.2 Å². The highest BCUT2D eigenvalue weighted by Crippen LogP contribution is 2.18. The van der Waals surface area contributed by atoms with E-state index in [4.69, 9.17) is 0 Å². The number of carbonyl (C=O) groups is 1. The summed E-state index contributed by atoms with van der Waals surface area (Å²) in [5.41, 5.74) is 0.763. The molecule has 0 bridgehead atoms. The van der Waals surface area contributed by atoms with E-state index in [0.29, 0.717) is 18.7 Å². The Bertz CT molecular complexity index is 447. The highest BCUT2D eigenvalue weighted by molar-refractivity contribution is 5.94. The fraction of sp³-hybridized carbons (Fsp3) is 0.500. The summed E-state index contributed by atoms with van der Waals surface area (Å²) in [7, 11) is 5.22. The smallest absolute Gasteiger partial charge is 0.256 e. The Balaban J connectivity index is 2.82. The first kappa shape index (κ1) is 15.4. The summed E-state index contributed by atoms with van der Waals surface area (Å²) < 4.78 is 13.9. The number of carbonyl (C=O) groups excluding carboxylic acids is 1. The molecule has 0 heterocycles. The van der Waals surface area contributed by atoms with Crippen LogP contribution in [0.25, 0.3) is 0 Å². The molecule has 0 saturated carbocycles. The van der Waals surface area contributed by atoms with E-state index < -0.39 is 11.9 Å². The van der Waals surface area contributed by atoms with E-state index in [1.54, 1.807) is 24.9 Å². The summed E-state index contributed by atoms with van der Waals surface area (Å²) in [5, 5.41) is 9.19. The third-order valence-corrected chi connectivity index (χ3v) is 2.93. The van der Waals surface area contributed by atoms with Gasteiger partial charge in [-0.1, -0.05) is 0 Å². The lowest BCUT2D eigenvalue weighted by Gasteiger charge is -2.19. The molecule has 1 atom stereocenters. The van der Waals surface area contributed by atoms with E-state index in [-0.39, 0.29) is 11.5 Å². The number of amides is 1. The summed E-state index contributed by atoms with van der Waals surface area (Å²) in [4.78, 5) is 15.2. The second kappa shape index (κ2) is 6.52. The van der Waals surface area contributed by atoms with Crippen molar-refractivity contribution in [3.8, 4) is 0 Å². The number of rotatable bonds is 5. The van der Waals surface area contributed by atoms with Gasteiger partial charge in [0.05, 0.1) is 11.7 Å². The van der Waals surface area contributed by atoms with Crippen LogP contribution in [0.3, 0.4) is 0 Å². The lowest BCUT2D eigenvalue weighted by atomic mass is 10.1. The Morgan fingerprint density at radius 1 is 1.37 bits per heavy atom. The van der Waals surface area contributed by atoms with Gasteiger partial charge >= 0.3 is 0 Å². The summed E-state index contributed by atoms with van der Waals surface area (Å²) in [6.45, 7) is 2.05. The lowest BCUT2D eigenvalue weighted by Crippen LogP contribution is -2.30. The minimum atomic E-state index is -0.528. The third-order valence-electron chi connectivity index (χ3n) is 2.93. The average molecular weight is 268 g/mol. The number of hydrogen-bond donors (Lipinski definition) is 1. The highest BCUT2D eigenvalue weighted by atomic mass is 19.1. The molecule has 1 aromatic rings. The maximum atomic E-state index is 13.9. The molecule has 0 spiro atoms. The van der Waals surface area contributed by atoms with E-state index in [1.165, 1.54) is 17.0 Å². The Kier molecular flexibility index (Phi) is 5.30. The highest BCUT2D eigenvalue weighted by Gasteiger charge is 2.17. The molecule has 0 aliphatic carbocycles. The van der Waals surface area contributed by atoms with E-state index in [2.05, 4.69) is 0 Å². The first-order chi connectivity index (χ1) is 8.82. The van der Waals surface area contributed by atoms with Crippen LogP contribution in [-0.2, 0) is 0 Å². The van der Waals surface area contributed by atoms with Crippen molar-refractivity contribution in [1.82, 2.24) is 4.90 Å². The number of anilines is 1. The quantitative estimate of drug-likeness (QED) is 0.884. The Labute approximate surface area is 113 Å². The number of hydrogen-bond acceptors (Lipinski definition) is 3. The largest absolute Gasteiger partial charge is 0.393 e. The van der Waals surface area contributed by atoms with Crippen LogP contribution in [0, 0.1) is 5.82 Å². The minimum Gasteiger partial charge on any atom is -0.393 e. The molecule has 4 nitrogen and oxygen atoms in total. The predicted octanol–water partition coefficient (Wildman–Crippen LogP) is 1.73. The topological polar surface area (TPSA) is 43.8 Å². The minimum absolute atomic E-state index is 0.0543. The molecule has 1 N–H and O–H groups in total. The van der Waals surface area contributed by atoms with Crippen LogP contribution in [-0.4, -0.2) is 49.7 Å².